The molecule has 0 radical (unpaired) electrons. The van der Waals surface area contributed by atoms with Gasteiger partial charge in [0.05, 0.1) is 0 Å². The van der Waals surface area contributed by atoms with Crippen molar-refractivity contribution in [1.82, 2.24) is 25.3 Å². The third kappa shape index (κ3) is 2.19. The predicted octanol–water partition coefficient (Wildman–Crippen LogP) is 0.201. The van der Waals surface area contributed by atoms with E-state index in [0.29, 0.717) is 17.7 Å². The summed E-state index contributed by atoms with van der Waals surface area (Å²) in [4.78, 5) is 0. The number of fused-ring (bicyclic) bond motifs is 1. The third-order valence-electron chi connectivity index (χ3n) is 3.19. The molecule has 0 spiro atoms. The van der Waals surface area contributed by atoms with E-state index in [2.05, 4.69) is 25.9 Å². The van der Waals surface area contributed by atoms with Crippen LogP contribution in [0.3, 0.4) is 0 Å². The van der Waals surface area contributed by atoms with Crippen LogP contribution >= 0.6 is 0 Å². The van der Waals surface area contributed by atoms with Gasteiger partial charge in [-0.2, -0.15) is 0 Å². The molecule has 0 atom stereocenters. The molecule has 3 N–H and O–H groups in total. The number of tetrazole rings is 1. The molecule has 7 nitrogen and oxygen atoms in total. The lowest BCUT2D eigenvalue weighted by Gasteiger charge is -2.26. The first-order valence-corrected chi connectivity index (χ1v) is 5.89. The maximum absolute atomic E-state index is 5.88. The summed E-state index contributed by atoms with van der Waals surface area (Å²) in [5, 5.41) is 18.8. The lowest BCUT2D eigenvalue weighted by molar-refractivity contribution is 0.410. The molecule has 0 saturated heterocycles. The van der Waals surface area contributed by atoms with Gasteiger partial charge in [-0.15, -0.1) is 14.8 Å². The number of hydrogen-bond donors (Lipinski definition) is 2. The second kappa shape index (κ2) is 4.25. The molecule has 17 heavy (non-hydrogen) atoms. The zero-order chi connectivity index (χ0) is 11.7. The van der Waals surface area contributed by atoms with E-state index in [-0.39, 0.29) is 0 Å². The second-order valence-electron chi connectivity index (χ2n) is 4.50. The standard InChI is InChI=1S/C10H15N7/c11-7-1-3-8(4-2-7)12-9-5-6-10-13-15-16-17(10)14-9/h5-8H,1-4,11H2,(H,12,14). The molecule has 7 heteroatoms. The van der Waals surface area contributed by atoms with Gasteiger partial charge in [0, 0.05) is 12.1 Å². The average molecular weight is 233 g/mol. The van der Waals surface area contributed by atoms with Gasteiger partial charge in [-0.3, -0.25) is 0 Å². The molecule has 0 aliphatic heterocycles. The Hall–Kier alpha value is -1.76. The molecule has 0 aromatic carbocycles. The Bertz CT molecular complexity index is 500. The zero-order valence-corrected chi connectivity index (χ0v) is 9.45. The summed E-state index contributed by atoms with van der Waals surface area (Å²) < 4.78 is 1.43. The van der Waals surface area contributed by atoms with E-state index in [9.17, 15) is 0 Å². The number of hydrogen-bond acceptors (Lipinski definition) is 6. The maximum atomic E-state index is 5.88. The van der Waals surface area contributed by atoms with Crippen LogP contribution in [0.1, 0.15) is 25.7 Å². The SMILES string of the molecule is NC1CCC(Nc2ccc3nnnn3n2)CC1. The third-order valence-corrected chi connectivity index (χ3v) is 3.19. The number of nitrogens with zero attached hydrogens (tertiary/aromatic N) is 5. The fourth-order valence-corrected chi connectivity index (χ4v) is 2.20. The Labute approximate surface area is 98.4 Å². The van der Waals surface area contributed by atoms with Crippen molar-refractivity contribution in [2.75, 3.05) is 5.32 Å². The van der Waals surface area contributed by atoms with Crippen molar-refractivity contribution in [3.8, 4) is 0 Å². The molecule has 1 aliphatic carbocycles. The zero-order valence-electron chi connectivity index (χ0n) is 9.45. The molecule has 0 unspecified atom stereocenters. The Morgan fingerprint density at radius 3 is 2.88 bits per heavy atom. The van der Waals surface area contributed by atoms with Crippen molar-refractivity contribution in [3.05, 3.63) is 12.1 Å². The van der Waals surface area contributed by atoms with Gasteiger partial charge in [0.1, 0.15) is 5.82 Å². The maximum Gasteiger partial charge on any atom is 0.200 e. The van der Waals surface area contributed by atoms with Gasteiger partial charge in [0.25, 0.3) is 0 Å². The van der Waals surface area contributed by atoms with Gasteiger partial charge in [-0.05, 0) is 48.2 Å². The van der Waals surface area contributed by atoms with Crippen molar-refractivity contribution < 1.29 is 0 Å². The molecular formula is C10H15N7. The van der Waals surface area contributed by atoms with Crippen molar-refractivity contribution in [1.29, 1.82) is 0 Å². The first-order valence-electron chi connectivity index (χ1n) is 5.89. The minimum Gasteiger partial charge on any atom is -0.366 e. The Morgan fingerprint density at radius 1 is 1.24 bits per heavy atom. The summed E-state index contributed by atoms with van der Waals surface area (Å²) >= 11 is 0. The van der Waals surface area contributed by atoms with E-state index in [1.807, 2.05) is 12.1 Å². The molecule has 1 aliphatic rings. The Morgan fingerprint density at radius 2 is 2.06 bits per heavy atom. The Balaban J connectivity index is 1.71. The number of anilines is 1. The molecule has 1 saturated carbocycles. The van der Waals surface area contributed by atoms with Crippen molar-refractivity contribution in [2.45, 2.75) is 37.8 Å². The first-order chi connectivity index (χ1) is 8.31. The fraction of sp³-hybridized carbons (Fsp3) is 0.600. The van der Waals surface area contributed by atoms with Crippen LogP contribution in [-0.4, -0.2) is 37.3 Å². The normalized spacial score (nSPS) is 25.0. The number of nitrogens with two attached hydrogens (primary N) is 1. The molecule has 2 aromatic heterocycles. The van der Waals surface area contributed by atoms with E-state index in [1.165, 1.54) is 4.63 Å². The van der Waals surface area contributed by atoms with E-state index < -0.39 is 0 Å². The van der Waals surface area contributed by atoms with Crippen LogP contribution in [0.15, 0.2) is 12.1 Å². The van der Waals surface area contributed by atoms with E-state index in [0.717, 1.165) is 31.5 Å². The van der Waals surface area contributed by atoms with E-state index >= 15 is 0 Å². The number of aromatic nitrogens is 5. The molecule has 2 aromatic rings. The average Bonchev–Trinajstić information content (AvgIpc) is 2.79. The molecule has 2 heterocycles. The molecular weight excluding hydrogens is 218 g/mol. The highest BCUT2D eigenvalue weighted by atomic mass is 15.6. The van der Waals surface area contributed by atoms with Gasteiger partial charge in [-0.25, -0.2) is 0 Å². The summed E-state index contributed by atoms with van der Waals surface area (Å²) in [7, 11) is 0. The summed E-state index contributed by atoms with van der Waals surface area (Å²) in [6.45, 7) is 0. The fourth-order valence-electron chi connectivity index (χ4n) is 2.20. The number of nitrogens with one attached hydrogen (secondary N) is 1. The highest BCUT2D eigenvalue weighted by molar-refractivity contribution is 5.42. The van der Waals surface area contributed by atoms with Crippen LogP contribution in [0.5, 0.6) is 0 Å². The summed E-state index contributed by atoms with van der Waals surface area (Å²) in [6.07, 6.45) is 4.34. The highest BCUT2D eigenvalue weighted by Gasteiger charge is 2.18. The van der Waals surface area contributed by atoms with Gasteiger partial charge in [-0.1, -0.05) is 0 Å². The second-order valence-corrected chi connectivity index (χ2v) is 4.50. The van der Waals surface area contributed by atoms with Gasteiger partial charge in [0.15, 0.2) is 5.65 Å². The molecule has 3 rings (SSSR count). The molecule has 0 bridgehead atoms. The molecule has 0 amide bonds. The van der Waals surface area contributed by atoms with Crippen LogP contribution < -0.4 is 11.1 Å². The molecule has 1 fully saturated rings. The minimum atomic E-state index is 0.364. The van der Waals surface area contributed by atoms with Crippen molar-refractivity contribution in [3.63, 3.8) is 0 Å². The van der Waals surface area contributed by atoms with Crippen molar-refractivity contribution >= 4 is 11.5 Å². The summed E-state index contributed by atoms with van der Waals surface area (Å²) in [5.74, 6) is 0.810. The topological polar surface area (TPSA) is 94.0 Å². The van der Waals surface area contributed by atoms with Gasteiger partial charge >= 0.3 is 0 Å². The predicted molar refractivity (Wildman–Crippen MR) is 62.4 cm³/mol. The van der Waals surface area contributed by atoms with Crippen LogP contribution in [0.2, 0.25) is 0 Å². The van der Waals surface area contributed by atoms with Gasteiger partial charge < -0.3 is 11.1 Å². The monoisotopic (exact) mass is 233 g/mol. The Kier molecular flexibility index (Phi) is 2.60. The highest BCUT2D eigenvalue weighted by Crippen LogP contribution is 2.20. The largest absolute Gasteiger partial charge is 0.366 e. The quantitative estimate of drug-likeness (QED) is 0.769. The summed E-state index contributed by atoms with van der Waals surface area (Å²) in [6, 6.07) is 4.57. The summed E-state index contributed by atoms with van der Waals surface area (Å²) in [5.41, 5.74) is 6.53. The number of rotatable bonds is 2. The van der Waals surface area contributed by atoms with Crippen molar-refractivity contribution in [2.24, 2.45) is 5.73 Å². The lowest BCUT2D eigenvalue weighted by atomic mass is 9.92. The smallest absolute Gasteiger partial charge is 0.200 e. The van der Waals surface area contributed by atoms with Crippen LogP contribution in [0.25, 0.3) is 5.65 Å². The van der Waals surface area contributed by atoms with E-state index in [4.69, 9.17) is 5.73 Å². The molecule has 90 valence electrons. The minimum absolute atomic E-state index is 0.364. The lowest BCUT2D eigenvalue weighted by Crippen LogP contribution is -2.33. The van der Waals surface area contributed by atoms with E-state index in [1.54, 1.807) is 0 Å². The van der Waals surface area contributed by atoms with Crippen LogP contribution in [0, 0.1) is 0 Å². The van der Waals surface area contributed by atoms with Crippen LogP contribution in [-0.2, 0) is 0 Å². The van der Waals surface area contributed by atoms with Crippen LogP contribution in [0.4, 0.5) is 5.82 Å². The first kappa shape index (κ1) is 10.4. The van der Waals surface area contributed by atoms with Gasteiger partial charge in [0.2, 0.25) is 0 Å².